The molecule has 1 saturated heterocycles. The van der Waals surface area contributed by atoms with Gasteiger partial charge in [0.2, 0.25) is 5.91 Å². The molecule has 0 aromatic heterocycles. The van der Waals surface area contributed by atoms with Gasteiger partial charge in [0.25, 0.3) is 0 Å². The molecule has 1 aromatic rings. The fourth-order valence-electron chi connectivity index (χ4n) is 2.84. The second-order valence-electron chi connectivity index (χ2n) is 6.31. The normalized spacial score (nSPS) is 20.8. The molecule has 1 heterocycles. The summed E-state index contributed by atoms with van der Waals surface area (Å²) in [6.45, 7) is 6.47. The lowest BCUT2D eigenvalue weighted by Crippen LogP contribution is -2.46. The highest BCUT2D eigenvalue weighted by Gasteiger charge is 2.22. The molecule has 4 heteroatoms. The van der Waals surface area contributed by atoms with Crippen molar-refractivity contribution in [3.05, 3.63) is 35.9 Å². The Balaban J connectivity index is 1.77. The highest BCUT2D eigenvalue weighted by Crippen LogP contribution is 2.16. The maximum atomic E-state index is 12.3. The maximum absolute atomic E-state index is 12.3. The molecule has 4 nitrogen and oxygen atoms in total. The molecular formula is C18H28N2O2. The number of carbonyl (C=O) groups is 1. The molecule has 0 bridgehead atoms. The summed E-state index contributed by atoms with van der Waals surface area (Å²) in [5.41, 5.74) is 1.31. The minimum atomic E-state index is -0.132. The Morgan fingerprint density at radius 1 is 1.36 bits per heavy atom. The molecule has 0 saturated carbocycles. The minimum Gasteiger partial charge on any atom is -0.376 e. The van der Waals surface area contributed by atoms with Crippen molar-refractivity contribution in [2.24, 2.45) is 0 Å². The number of benzene rings is 1. The molecule has 1 aliphatic heterocycles. The quantitative estimate of drug-likeness (QED) is 0.841. The highest BCUT2D eigenvalue weighted by atomic mass is 16.5. The van der Waals surface area contributed by atoms with Crippen molar-refractivity contribution >= 4 is 5.91 Å². The molecule has 2 rings (SSSR count). The summed E-state index contributed by atoms with van der Waals surface area (Å²) in [5.74, 6) is 0.484. The van der Waals surface area contributed by atoms with Gasteiger partial charge in [-0.2, -0.15) is 0 Å². The number of nitrogens with zero attached hydrogens (tertiary/aromatic N) is 1. The molecule has 22 heavy (non-hydrogen) atoms. The summed E-state index contributed by atoms with van der Waals surface area (Å²) in [4.78, 5) is 14.4. The lowest BCUT2D eigenvalue weighted by molar-refractivity contribution is -0.126. The SMILES string of the molecule is C[C@H](CN(C)[C@@H](C)C(=O)NC[C@@H]1CCCO1)c1ccccc1. The van der Waals surface area contributed by atoms with E-state index in [4.69, 9.17) is 4.74 Å². The number of hydrogen-bond donors (Lipinski definition) is 1. The van der Waals surface area contributed by atoms with E-state index in [-0.39, 0.29) is 18.1 Å². The van der Waals surface area contributed by atoms with E-state index in [0.717, 1.165) is 26.0 Å². The fourth-order valence-corrected chi connectivity index (χ4v) is 2.84. The number of rotatable bonds is 7. The monoisotopic (exact) mass is 304 g/mol. The van der Waals surface area contributed by atoms with E-state index in [1.54, 1.807) is 0 Å². The van der Waals surface area contributed by atoms with Crippen LogP contribution in [0.1, 0.15) is 38.2 Å². The molecule has 122 valence electrons. The van der Waals surface area contributed by atoms with Crippen LogP contribution in [0.2, 0.25) is 0 Å². The smallest absolute Gasteiger partial charge is 0.237 e. The van der Waals surface area contributed by atoms with Crippen LogP contribution in [0.3, 0.4) is 0 Å². The molecule has 1 amide bonds. The zero-order valence-corrected chi connectivity index (χ0v) is 13.9. The number of amides is 1. The first-order valence-corrected chi connectivity index (χ1v) is 8.22. The van der Waals surface area contributed by atoms with Gasteiger partial charge in [-0.25, -0.2) is 0 Å². The first-order valence-electron chi connectivity index (χ1n) is 8.22. The predicted molar refractivity (Wildman–Crippen MR) is 88.9 cm³/mol. The maximum Gasteiger partial charge on any atom is 0.237 e. The Kier molecular flexibility index (Phi) is 6.40. The molecule has 1 N–H and O–H groups in total. The average molecular weight is 304 g/mol. The van der Waals surface area contributed by atoms with Crippen LogP contribution < -0.4 is 5.32 Å². The van der Waals surface area contributed by atoms with E-state index in [9.17, 15) is 4.79 Å². The van der Waals surface area contributed by atoms with Gasteiger partial charge in [-0.1, -0.05) is 37.3 Å². The molecule has 0 radical (unpaired) electrons. The van der Waals surface area contributed by atoms with E-state index in [1.807, 2.05) is 20.0 Å². The summed E-state index contributed by atoms with van der Waals surface area (Å²) in [6.07, 6.45) is 2.35. The predicted octanol–water partition coefficient (Wildman–Crippen LogP) is 2.41. The van der Waals surface area contributed by atoms with E-state index < -0.39 is 0 Å². The highest BCUT2D eigenvalue weighted by molar-refractivity contribution is 5.81. The number of hydrogen-bond acceptors (Lipinski definition) is 3. The van der Waals surface area contributed by atoms with Crippen molar-refractivity contribution in [2.75, 3.05) is 26.7 Å². The second-order valence-corrected chi connectivity index (χ2v) is 6.31. The van der Waals surface area contributed by atoms with Crippen molar-refractivity contribution in [1.29, 1.82) is 0 Å². The minimum absolute atomic E-state index is 0.0817. The van der Waals surface area contributed by atoms with Crippen molar-refractivity contribution in [3.8, 4) is 0 Å². The van der Waals surface area contributed by atoms with Crippen LogP contribution in [0.5, 0.6) is 0 Å². The van der Waals surface area contributed by atoms with Gasteiger partial charge in [0.1, 0.15) is 0 Å². The lowest BCUT2D eigenvalue weighted by atomic mass is 10.0. The van der Waals surface area contributed by atoms with E-state index in [1.165, 1.54) is 5.56 Å². The van der Waals surface area contributed by atoms with Crippen LogP contribution in [0.4, 0.5) is 0 Å². The average Bonchev–Trinajstić information content (AvgIpc) is 3.06. The summed E-state index contributed by atoms with van der Waals surface area (Å²) < 4.78 is 5.54. The summed E-state index contributed by atoms with van der Waals surface area (Å²) >= 11 is 0. The van der Waals surface area contributed by atoms with Crippen molar-refractivity contribution in [3.63, 3.8) is 0 Å². The van der Waals surface area contributed by atoms with Gasteiger partial charge < -0.3 is 10.1 Å². The number of likely N-dealkylation sites (N-methyl/N-ethyl adjacent to an activating group) is 1. The summed E-state index contributed by atoms with van der Waals surface area (Å²) in [7, 11) is 2.01. The van der Waals surface area contributed by atoms with Crippen molar-refractivity contribution in [1.82, 2.24) is 10.2 Å². The van der Waals surface area contributed by atoms with E-state index >= 15 is 0 Å². The third kappa shape index (κ3) is 4.82. The largest absolute Gasteiger partial charge is 0.376 e. The van der Waals surface area contributed by atoms with Crippen LogP contribution >= 0.6 is 0 Å². The van der Waals surface area contributed by atoms with Crippen LogP contribution in [0.15, 0.2) is 30.3 Å². The van der Waals surface area contributed by atoms with Crippen LogP contribution in [-0.2, 0) is 9.53 Å². The standard InChI is InChI=1S/C18H28N2O2/c1-14(16-8-5-4-6-9-16)13-20(3)15(2)18(21)19-12-17-10-7-11-22-17/h4-6,8-9,14-15,17H,7,10-13H2,1-3H3,(H,19,21)/t14-,15+,17+/m1/s1. The zero-order valence-electron chi connectivity index (χ0n) is 13.9. The Bertz CT molecular complexity index is 457. The van der Waals surface area contributed by atoms with Gasteiger partial charge in [-0.3, -0.25) is 9.69 Å². The van der Waals surface area contributed by atoms with E-state index in [2.05, 4.69) is 41.4 Å². The molecule has 0 unspecified atom stereocenters. The Labute approximate surface area is 133 Å². The van der Waals surface area contributed by atoms with Gasteiger partial charge >= 0.3 is 0 Å². The van der Waals surface area contributed by atoms with Gasteiger partial charge in [-0.15, -0.1) is 0 Å². The molecular weight excluding hydrogens is 276 g/mol. The van der Waals surface area contributed by atoms with Gasteiger partial charge in [-0.05, 0) is 38.3 Å². The van der Waals surface area contributed by atoms with Crippen LogP contribution in [0.25, 0.3) is 0 Å². The lowest BCUT2D eigenvalue weighted by Gasteiger charge is -2.27. The Hall–Kier alpha value is -1.39. The van der Waals surface area contributed by atoms with Crippen LogP contribution in [-0.4, -0.2) is 49.7 Å². The fraction of sp³-hybridized carbons (Fsp3) is 0.611. The molecule has 1 fully saturated rings. The zero-order chi connectivity index (χ0) is 15.9. The molecule has 3 atom stereocenters. The molecule has 1 aromatic carbocycles. The first kappa shape index (κ1) is 17.0. The second kappa shape index (κ2) is 8.30. The van der Waals surface area contributed by atoms with Gasteiger partial charge in [0, 0.05) is 19.7 Å². The molecule has 0 spiro atoms. The van der Waals surface area contributed by atoms with Crippen molar-refractivity contribution in [2.45, 2.75) is 44.8 Å². The summed E-state index contributed by atoms with van der Waals surface area (Å²) in [5, 5.41) is 3.01. The van der Waals surface area contributed by atoms with Crippen molar-refractivity contribution < 1.29 is 9.53 Å². The number of carbonyl (C=O) groups excluding carboxylic acids is 1. The first-order chi connectivity index (χ1) is 10.6. The topological polar surface area (TPSA) is 41.6 Å². The third-order valence-electron chi connectivity index (χ3n) is 4.50. The Morgan fingerprint density at radius 3 is 2.73 bits per heavy atom. The summed E-state index contributed by atoms with van der Waals surface area (Å²) in [6, 6.07) is 10.3. The van der Waals surface area contributed by atoms with Gasteiger partial charge in [0.05, 0.1) is 12.1 Å². The third-order valence-corrected chi connectivity index (χ3v) is 4.50. The number of nitrogens with one attached hydrogen (secondary N) is 1. The Morgan fingerprint density at radius 2 is 2.09 bits per heavy atom. The van der Waals surface area contributed by atoms with Gasteiger partial charge in [0.15, 0.2) is 0 Å². The van der Waals surface area contributed by atoms with E-state index in [0.29, 0.717) is 12.5 Å². The van der Waals surface area contributed by atoms with Crippen LogP contribution in [0, 0.1) is 0 Å². The molecule has 0 aliphatic carbocycles. The number of ether oxygens (including phenoxy) is 1. The molecule has 1 aliphatic rings.